The molecule has 0 N–H and O–H groups in total. The zero-order chi connectivity index (χ0) is 8.27. The molecule has 0 bridgehead atoms. The van der Waals surface area contributed by atoms with Gasteiger partial charge in [-0.1, -0.05) is 24.3 Å². The van der Waals surface area contributed by atoms with Crippen LogP contribution in [0.4, 0.5) is 0 Å². The first-order valence-electron chi connectivity index (χ1n) is 3.19. The van der Waals surface area contributed by atoms with Gasteiger partial charge in [0.25, 0.3) is 0 Å². The monoisotopic (exact) mass is 179 g/mol. The smallest absolute Gasteiger partial charge is 0.213 e. The maximum Gasteiger partial charge on any atom is 0.213 e. The molecule has 1 aromatic rings. The van der Waals surface area contributed by atoms with Gasteiger partial charge in [0, 0.05) is 5.56 Å². The highest BCUT2D eigenvalue weighted by atomic mass is 32.4. The number of carbonyl (C=O) groups excluding carboxylic acids is 1. The lowest BCUT2D eigenvalue weighted by molar-refractivity contribution is 0.109. The van der Waals surface area contributed by atoms with Crippen LogP contribution in [-0.4, -0.2) is 14.5 Å². The lowest BCUT2D eigenvalue weighted by Crippen LogP contribution is -1.94. The van der Waals surface area contributed by atoms with Crippen molar-refractivity contribution in [3.8, 4) is 0 Å². The number of aryl methyl sites for hydroxylation is 1. The normalized spacial score (nSPS) is 9.64. The summed E-state index contributed by atoms with van der Waals surface area (Å²) in [5.41, 5.74) is 1.79. The summed E-state index contributed by atoms with van der Waals surface area (Å²) in [7, 11) is 3.10. The molecule has 0 saturated heterocycles. The third-order valence-corrected chi connectivity index (χ3v) is 2.42. The Bertz CT molecular complexity index is 273. The molecule has 0 aliphatic heterocycles. The van der Waals surface area contributed by atoms with Crippen LogP contribution in [0.5, 0.6) is 0 Å². The van der Waals surface area contributed by atoms with E-state index in [1.807, 2.05) is 31.2 Å². The van der Waals surface area contributed by atoms with Gasteiger partial charge in [-0.05, 0) is 12.5 Å². The lowest BCUT2D eigenvalue weighted by Gasteiger charge is -1.99. The van der Waals surface area contributed by atoms with Crippen molar-refractivity contribution >= 4 is 25.7 Å². The third-order valence-electron chi connectivity index (χ3n) is 1.46. The van der Waals surface area contributed by atoms with Gasteiger partial charge in [0.15, 0.2) is 0 Å². The topological polar surface area (TPSA) is 17.1 Å². The summed E-state index contributed by atoms with van der Waals surface area (Å²) in [4.78, 5) is 11.1. The zero-order valence-electron chi connectivity index (χ0n) is 6.13. The maximum atomic E-state index is 11.1. The Morgan fingerprint density at radius 2 is 2.09 bits per heavy atom. The van der Waals surface area contributed by atoms with Gasteiger partial charge in [-0.2, -0.15) is 0 Å². The summed E-state index contributed by atoms with van der Waals surface area (Å²) in [5, 5.41) is 0.0553. The summed E-state index contributed by atoms with van der Waals surface area (Å²) >= 11 is 1.06. The molecule has 55 valence electrons. The minimum atomic E-state index is 0.0553. The van der Waals surface area contributed by atoms with Crippen LogP contribution in [0.25, 0.3) is 0 Å². The van der Waals surface area contributed by atoms with Crippen LogP contribution >= 0.6 is 11.2 Å². The molecule has 3 heteroatoms. The van der Waals surface area contributed by atoms with Gasteiger partial charge < -0.3 is 0 Å². The van der Waals surface area contributed by atoms with E-state index in [1.54, 1.807) is 0 Å². The molecule has 0 atom stereocenters. The van der Waals surface area contributed by atoms with Crippen LogP contribution in [-0.2, 0) is 0 Å². The minimum absolute atomic E-state index is 0.0553. The number of benzene rings is 1. The Morgan fingerprint density at radius 3 is 2.64 bits per heavy atom. The molecule has 0 aliphatic rings. The highest BCUT2D eigenvalue weighted by Crippen LogP contribution is 2.12. The molecular weight excluding hydrogens is 172 g/mol. The molecule has 0 spiro atoms. The van der Waals surface area contributed by atoms with Crippen LogP contribution in [0.15, 0.2) is 24.3 Å². The predicted octanol–water partition coefficient (Wildman–Crippen LogP) is 1.95. The highest BCUT2D eigenvalue weighted by molar-refractivity contribution is 8.31. The largest absolute Gasteiger partial charge is 0.282 e. The fourth-order valence-corrected chi connectivity index (χ4v) is 1.53. The zero-order valence-corrected chi connectivity index (χ0v) is 7.94. The Kier molecular flexibility index (Phi) is 2.90. The van der Waals surface area contributed by atoms with Crippen molar-refractivity contribution in [2.45, 2.75) is 6.92 Å². The molecule has 1 rings (SSSR count). The van der Waals surface area contributed by atoms with Crippen molar-refractivity contribution in [3.05, 3.63) is 35.4 Å². The summed E-state index contributed by atoms with van der Waals surface area (Å²) < 4.78 is 0. The average Bonchev–Trinajstić information content (AvgIpc) is 2.04. The van der Waals surface area contributed by atoms with Gasteiger partial charge in [0.1, 0.15) is 9.39 Å². The summed E-state index contributed by atoms with van der Waals surface area (Å²) in [5.74, 6) is 0. The second-order valence-electron chi connectivity index (χ2n) is 2.20. The number of hydrogen-bond donors (Lipinski definition) is 0. The van der Waals surface area contributed by atoms with Gasteiger partial charge in [-0.15, -0.1) is 11.2 Å². The third kappa shape index (κ3) is 1.94. The first-order valence-corrected chi connectivity index (χ1v) is 5.23. The van der Waals surface area contributed by atoms with E-state index in [0.29, 0.717) is 0 Å². The second-order valence-corrected chi connectivity index (χ2v) is 3.39. The van der Waals surface area contributed by atoms with E-state index < -0.39 is 0 Å². The molecule has 0 unspecified atom stereocenters. The molecule has 0 fully saturated rings. The quantitative estimate of drug-likeness (QED) is 0.613. The van der Waals surface area contributed by atoms with Crippen molar-refractivity contribution in [2.75, 3.05) is 0 Å². The average molecular weight is 179 g/mol. The summed E-state index contributed by atoms with van der Waals surface area (Å²) in [6, 6.07) is 7.54. The summed E-state index contributed by atoms with van der Waals surface area (Å²) in [6.07, 6.45) is 0. The van der Waals surface area contributed by atoms with Gasteiger partial charge in [-0.3, -0.25) is 4.79 Å². The van der Waals surface area contributed by atoms with Crippen molar-refractivity contribution < 1.29 is 4.79 Å². The van der Waals surface area contributed by atoms with Crippen LogP contribution in [0.3, 0.4) is 0 Å². The number of carbonyl (C=O) groups is 1. The standard InChI is InChI=1S/C8H7OSSi/c1-6-4-2-3-5-7(6)8(9)10-11/h2-5H,1H3. The molecular formula is C8H7OSSi. The van der Waals surface area contributed by atoms with Crippen molar-refractivity contribution in [3.63, 3.8) is 0 Å². The predicted molar refractivity (Wildman–Crippen MR) is 48.9 cm³/mol. The Hall–Kier alpha value is -0.543. The fraction of sp³-hybridized carbons (Fsp3) is 0.125. The molecule has 0 aromatic heterocycles. The molecule has 0 saturated carbocycles. The summed E-state index contributed by atoms with van der Waals surface area (Å²) in [6.45, 7) is 1.93. The van der Waals surface area contributed by atoms with Crippen molar-refractivity contribution in [2.24, 2.45) is 0 Å². The Morgan fingerprint density at radius 1 is 1.45 bits per heavy atom. The van der Waals surface area contributed by atoms with Crippen LogP contribution in [0, 0.1) is 6.92 Å². The van der Waals surface area contributed by atoms with E-state index in [9.17, 15) is 4.79 Å². The van der Waals surface area contributed by atoms with Gasteiger partial charge in [0.2, 0.25) is 5.12 Å². The van der Waals surface area contributed by atoms with E-state index in [0.717, 1.165) is 22.3 Å². The van der Waals surface area contributed by atoms with Gasteiger partial charge in [-0.25, -0.2) is 0 Å². The Labute approximate surface area is 73.3 Å². The molecule has 0 heterocycles. The fourth-order valence-electron chi connectivity index (χ4n) is 0.857. The second kappa shape index (κ2) is 3.73. The number of rotatable bonds is 1. The molecule has 0 aliphatic carbocycles. The highest BCUT2D eigenvalue weighted by Gasteiger charge is 2.04. The van der Waals surface area contributed by atoms with Gasteiger partial charge in [0.05, 0.1) is 0 Å². The Balaban J connectivity index is 3.03. The first-order chi connectivity index (χ1) is 5.25. The van der Waals surface area contributed by atoms with E-state index in [2.05, 4.69) is 9.39 Å². The molecule has 3 radical (unpaired) electrons. The van der Waals surface area contributed by atoms with E-state index in [-0.39, 0.29) is 5.12 Å². The van der Waals surface area contributed by atoms with E-state index in [1.165, 1.54) is 0 Å². The molecule has 11 heavy (non-hydrogen) atoms. The molecule has 1 nitrogen and oxygen atoms in total. The van der Waals surface area contributed by atoms with E-state index >= 15 is 0 Å². The SMILES string of the molecule is Cc1ccccc1C(=O)S[Si]. The molecule has 0 amide bonds. The minimum Gasteiger partial charge on any atom is -0.282 e. The molecule has 1 aromatic carbocycles. The maximum absolute atomic E-state index is 11.1. The van der Waals surface area contributed by atoms with Crippen LogP contribution < -0.4 is 0 Å². The van der Waals surface area contributed by atoms with Crippen LogP contribution in [0.1, 0.15) is 15.9 Å². The first kappa shape index (κ1) is 8.55. The number of hydrogen-bond acceptors (Lipinski definition) is 2. The van der Waals surface area contributed by atoms with Crippen molar-refractivity contribution in [1.82, 2.24) is 0 Å². The van der Waals surface area contributed by atoms with Gasteiger partial charge >= 0.3 is 0 Å². The van der Waals surface area contributed by atoms with E-state index in [4.69, 9.17) is 0 Å². The lowest BCUT2D eigenvalue weighted by atomic mass is 10.1. The van der Waals surface area contributed by atoms with Crippen LogP contribution in [0.2, 0.25) is 0 Å². The van der Waals surface area contributed by atoms with Crippen molar-refractivity contribution in [1.29, 1.82) is 0 Å².